The number of benzene rings is 1. The van der Waals surface area contributed by atoms with Gasteiger partial charge in [-0.2, -0.15) is 18.2 Å². The molecule has 26 heavy (non-hydrogen) atoms. The molecular formula is C17H12F3N3O3. The van der Waals surface area contributed by atoms with E-state index in [2.05, 4.69) is 15.1 Å². The van der Waals surface area contributed by atoms with E-state index >= 15 is 0 Å². The Kier molecular flexibility index (Phi) is 4.70. The summed E-state index contributed by atoms with van der Waals surface area (Å²) in [5.74, 6) is -0.442. The summed E-state index contributed by atoms with van der Waals surface area (Å²) in [4.78, 5) is 19.2. The monoisotopic (exact) mass is 363 g/mol. The van der Waals surface area contributed by atoms with E-state index in [4.69, 9.17) is 9.26 Å². The van der Waals surface area contributed by atoms with E-state index in [1.165, 1.54) is 0 Å². The second-order valence-electron chi connectivity index (χ2n) is 5.38. The summed E-state index contributed by atoms with van der Waals surface area (Å²) in [5, 5.41) is 3.79. The van der Waals surface area contributed by atoms with Gasteiger partial charge in [-0.3, -0.25) is 4.98 Å². The van der Waals surface area contributed by atoms with Crippen molar-refractivity contribution in [2.45, 2.75) is 19.7 Å². The maximum absolute atomic E-state index is 12.4. The van der Waals surface area contributed by atoms with Gasteiger partial charge in [-0.1, -0.05) is 35.0 Å². The lowest BCUT2D eigenvalue weighted by atomic mass is 10.1. The molecule has 0 saturated heterocycles. The average Bonchev–Trinajstić information content (AvgIpc) is 3.08. The summed E-state index contributed by atoms with van der Waals surface area (Å²) >= 11 is 0. The topological polar surface area (TPSA) is 78.1 Å². The van der Waals surface area contributed by atoms with E-state index in [1.54, 1.807) is 0 Å². The molecule has 0 radical (unpaired) electrons. The summed E-state index contributed by atoms with van der Waals surface area (Å²) in [7, 11) is 0. The lowest BCUT2D eigenvalue weighted by molar-refractivity contribution is -0.141. The largest absolute Gasteiger partial charge is 0.452 e. The Labute approximate surface area is 145 Å². The van der Waals surface area contributed by atoms with E-state index in [0.717, 1.165) is 23.4 Å². The van der Waals surface area contributed by atoms with Crippen molar-refractivity contribution in [2.75, 3.05) is 0 Å². The standard InChI is InChI=1S/C17H12F3N3O3/c1-10-2-4-11(5-3-10)15-22-14(26-23-15)9-25-16(24)12-6-7-13(21-8-12)17(18,19)20/h2-8H,9H2,1H3. The minimum atomic E-state index is -4.57. The zero-order chi connectivity index (χ0) is 18.7. The highest BCUT2D eigenvalue weighted by molar-refractivity contribution is 5.88. The predicted octanol–water partition coefficient (Wildman–Crippen LogP) is 3.82. The number of aryl methyl sites for hydroxylation is 1. The molecule has 0 aliphatic rings. The molecule has 134 valence electrons. The third kappa shape index (κ3) is 4.05. The summed E-state index contributed by atoms with van der Waals surface area (Å²) in [6, 6.07) is 9.13. The van der Waals surface area contributed by atoms with Crippen molar-refractivity contribution in [3.05, 3.63) is 65.3 Å². The van der Waals surface area contributed by atoms with E-state index in [9.17, 15) is 18.0 Å². The van der Waals surface area contributed by atoms with Crippen LogP contribution in [0.1, 0.15) is 27.5 Å². The van der Waals surface area contributed by atoms with Crippen LogP contribution in [0, 0.1) is 6.92 Å². The van der Waals surface area contributed by atoms with Crippen LogP contribution in [0.15, 0.2) is 47.1 Å². The van der Waals surface area contributed by atoms with Gasteiger partial charge in [0.2, 0.25) is 5.82 Å². The Balaban J connectivity index is 1.62. The van der Waals surface area contributed by atoms with Gasteiger partial charge in [-0.15, -0.1) is 0 Å². The predicted molar refractivity (Wildman–Crippen MR) is 82.8 cm³/mol. The number of halogens is 3. The number of rotatable bonds is 4. The molecular weight excluding hydrogens is 351 g/mol. The molecule has 0 spiro atoms. The molecule has 3 rings (SSSR count). The molecule has 0 saturated carbocycles. The summed E-state index contributed by atoms with van der Waals surface area (Å²) in [5.41, 5.74) is 0.616. The smallest absolute Gasteiger partial charge is 0.433 e. The third-order valence-corrected chi connectivity index (χ3v) is 3.39. The zero-order valence-corrected chi connectivity index (χ0v) is 13.4. The van der Waals surface area contributed by atoms with Crippen LogP contribution >= 0.6 is 0 Å². The molecule has 9 heteroatoms. The van der Waals surface area contributed by atoms with Crippen LogP contribution in [0.4, 0.5) is 13.2 Å². The SMILES string of the molecule is Cc1ccc(-c2noc(COC(=O)c3ccc(C(F)(F)F)nc3)n2)cc1. The second kappa shape index (κ2) is 6.95. The van der Waals surface area contributed by atoms with Gasteiger partial charge in [0, 0.05) is 11.8 Å². The number of carbonyl (C=O) groups is 1. The summed E-state index contributed by atoms with van der Waals surface area (Å²) in [6.07, 6.45) is -3.77. The Bertz CT molecular complexity index is 903. The van der Waals surface area contributed by atoms with Gasteiger partial charge in [0.1, 0.15) is 5.69 Å². The maximum Gasteiger partial charge on any atom is 0.433 e. The highest BCUT2D eigenvalue weighted by atomic mass is 19.4. The van der Waals surface area contributed by atoms with Crippen LogP contribution in [0.5, 0.6) is 0 Å². The minimum absolute atomic E-state index is 0.0637. The van der Waals surface area contributed by atoms with Crippen LogP contribution in [-0.4, -0.2) is 21.1 Å². The van der Waals surface area contributed by atoms with Crippen LogP contribution in [-0.2, 0) is 17.5 Å². The first-order chi connectivity index (χ1) is 12.3. The van der Waals surface area contributed by atoms with Gasteiger partial charge in [-0.25, -0.2) is 4.79 Å². The van der Waals surface area contributed by atoms with E-state index in [1.807, 2.05) is 31.2 Å². The van der Waals surface area contributed by atoms with Gasteiger partial charge in [0.15, 0.2) is 6.61 Å². The van der Waals surface area contributed by atoms with Gasteiger partial charge in [-0.05, 0) is 19.1 Å². The molecule has 6 nitrogen and oxygen atoms in total. The molecule has 0 unspecified atom stereocenters. The van der Waals surface area contributed by atoms with E-state index in [-0.39, 0.29) is 18.1 Å². The number of pyridine rings is 1. The maximum atomic E-state index is 12.4. The quantitative estimate of drug-likeness (QED) is 0.656. The first-order valence-corrected chi connectivity index (χ1v) is 7.43. The number of carbonyl (C=O) groups excluding carboxylic acids is 1. The number of nitrogens with zero attached hydrogens (tertiary/aromatic N) is 3. The van der Waals surface area contributed by atoms with Crippen molar-refractivity contribution < 1.29 is 27.2 Å². The van der Waals surface area contributed by atoms with Crippen molar-refractivity contribution in [3.8, 4) is 11.4 Å². The molecule has 0 bridgehead atoms. The molecule has 0 N–H and O–H groups in total. The number of ether oxygens (including phenoxy) is 1. The highest BCUT2D eigenvalue weighted by Gasteiger charge is 2.32. The number of hydrogen-bond donors (Lipinski definition) is 0. The van der Waals surface area contributed by atoms with Crippen molar-refractivity contribution in [3.63, 3.8) is 0 Å². The molecule has 3 aromatic rings. The molecule has 1 aromatic carbocycles. The summed E-state index contributed by atoms with van der Waals surface area (Å²) < 4.78 is 47.3. The number of alkyl halides is 3. The van der Waals surface area contributed by atoms with Crippen molar-refractivity contribution in [1.29, 1.82) is 0 Å². The average molecular weight is 363 g/mol. The van der Waals surface area contributed by atoms with Gasteiger partial charge in [0.05, 0.1) is 5.56 Å². The Morgan fingerprint density at radius 1 is 1.15 bits per heavy atom. The van der Waals surface area contributed by atoms with Crippen LogP contribution in [0.3, 0.4) is 0 Å². The number of esters is 1. The third-order valence-electron chi connectivity index (χ3n) is 3.39. The Morgan fingerprint density at radius 2 is 1.88 bits per heavy atom. The molecule has 0 aliphatic heterocycles. The minimum Gasteiger partial charge on any atom is -0.452 e. The van der Waals surface area contributed by atoms with Crippen LogP contribution < -0.4 is 0 Å². The van der Waals surface area contributed by atoms with E-state index < -0.39 is 17.8 Å². The van der Waals surface area contributed by atoms with Gasteiger partial charge in [0.25, 0.3) is 5.89 Å². The number of hydrogen-bond acceptors (Lipinski definition) is 6. The first kappa shape index (κ1) is 17.6. The molecule has 0 atom stereocenters. The van der Waals surface area contributed by atoms with Gasteiger partial charge >= 0.3 is 12.1 Å². The van der Waals surface area contributed by atoms with E-state index in [0.29, 0.717) is 11.9 Å². The fraction of sp³-hybridized carbons (Fsp3) is 0.176. The zero-order valence-electron chi connectivity index (χ0n) is 13.4. The van der Waals surface area contributed by atoms with Crippen molar-refractivity contribution in [2.24, 2.45) is 0 Å². The van der Waals surface area contributed by atoms with Crippen molar-refractivity contribution >= 4 is 5.97 Å². The van der Waals surface area contributed by atoms with Crippen LogP contribution in [0.25, 0.3) is 11.4 Å². The van der Waals surface area contributed by atoms with Gasteiger partial charge < -0.3 is 9.26 Å². The second-order valence-corrected chi connectivity index (χ2v) is 5.38. The lowest BCUT2D eigenvalue weighted by Gasteiger charge is -2.06. The lowest BCUT2D eigenvalue weighted by Crippen LogP contribution is -2.10. The molecule has 0 aliphatic carbocycles. The molecule has 2 heterocycles. The summed E-state index contributed by atoms with van der Waals surface area (Å²) in [6.45, 7) is 1.64. The van der Waals surface area contributed by atoms with Crippen LogP contribution in [0.2, 0.25) is 0 Å². The Morgan fingerprint density at radius 3 is 2.50 bits per heavy atom. The molecule has 0 amide bonds. The highest BCUT2D eigenvalue weighted by Crippen LogP contribution is 2.27. The fourth-order valence-corrected chi connectivity index (χ4v) is 2.03. The van der Waals surface area contributed by atoms with Crippen molar-refractivity contribution in [1.82, 2.24) is 15.1 Å². The first-order valence-electron chi connectivity index (χ1n) is 7.43. The normalized spacial score (nSPS) is 11.4. The molecule has 2 aromatic heterocycles. The molecule has 0 fully saturated rings. The fourth-order valence-electron chi connectivity index (χ4n) is 2.03. The Hall–Kier alpha value is -3.23. The number of aromatic nitrogens is 3.